The largest absolute Gasteiger partial charge is 0.443 e. The average Bonchev–Trinajstić information content (AvgIpc) is 2.72. The minimum Gasteiger partial charge on any atom is -0.443 e. The van der Waals surface area contributed by atoms with Crippen LogP contribution in [0.3, 0.4) is 0 Å². The molecule has 0 spiro atoms. The highest BCUT2D eigenvalue weighted by Gasteiger charge is 2.42. The van der Waals surface area contributed by atoms with E-state index >= 15 is 0 Å². The van der Waals surface area contributed by atoms with Crippen LogP contribution in [0.25, 0.3) is 0 Å². The van der Waals surface area contributed by atoms with Gasteiger partial charge in [-0.25, -0.2) is 10.0 Å². The van der Waals surface area contributed by atoms with E-state index in [1.54, 1.807) is 20.8 Å². The molecule has 0 saturated carbocycles. The summed E-state index contributed by atoms with van der Waals surface area (Å²) in [4.78, 5) is 22.4. The van der Waals surface area contributed by atoms with Crippen LogP contribution in [0.2, 0.25) is 0 Å². The summed E-state index contributed by atoms with van der Waals surface area (Å²) < 4.78 is 31.7. The van der Waals surface area contributed by atoms with Gasteiger partial charge in [-0.1, -0.05) is 0 Å². The molecule has 1 aliphatic rings. The van der Waals surface area contributed by atoms with Crippen LogP contribution in [-0.2, 0) is 14.9 Å². The van der Waals surface area contributed by atoms with Gasteiger partial charge in [-0.15, -0.1) is 0 Å². The number of nitrogens with zero attached hydrogens (tertiary/aromatic N) is 3. The van der Waals surface area contributed by atoms with Crippen LogP contribution in [0.5, 0.6) is 0 Å². The fourth-order valence-electron chi connectivity index (χ4n) is 2.04. The lowest BCUT2D eigenvalue weighted by Gasteiger charge is -2.24. The first-order chi connectivity index (χ1) is 10.5. The molecule has 9 nitrogen and oxygen atoms in total. The zero-order valence-corrected chi connectivity index (χ0v) is 13.8. The van der Waals surface area contributed by atoms with Gasteiger partial charge in [0.15, 0.2) is 0 Å². The first-order valence-corrected chi connectivity index (χ1v) is 8.22. The van der Waals surface area contributed by atoms with Crippen molar-refractivity contribution in [3.8, 4) is 0 Å². The van der Waals surface area contributed by atoms with Crippen LogP contribution in [0, 0.1) is 4.91 Å². The predicted molar refractivity (Wildman–Crippen MR) is 80.7 cm³/mol. The number of anilines is 1. The van der Waals surface area contributed by atoms with Crippen molar-refractivity contribution in [2.24, 2.45) is 0 Å². The Morgan fingerprint density at radius 3 is 2.26 bits per heavy atom. The molecule has 0 aliphatic carbocycles. The fraction of sp³-hybridized carbons (Fsp3) is 0.462. The van der Waals surface area contributed by atoms with Crippen molar-refractivity contribution >= 4 is 27.7 Å². The molecule has 1 fully saturated rings. The molecule has 1 aliphatic heterocycles. The molecule has 1 saturated heterocycles. The van der Waals surface area contributed by atoms with E-state index in [9.17, 15) is 18.1 Å². The monoisotopic (exact) mass is 344 g/mol. The third-order valence-corrected chi connectivity index (χ3v) is 4.86. The Bertz CT molecular complexity index is 723. The van der Waals surface area contributed by atoms with Crippen LogP contribution in [0.4, 0.5) is 16.2 Å². The number of carbonyl (C=O) groups is 1. The van der Waals surface area contributed by atoms with Gasteiger partial charge in [0.2, 0.25) is 0 Å². The van der Waals surface area contributed by atoms with E-state index < -0.39 is 21.9 Å². The molecule has 1 N–H and O–H groups in total. The van der Waals surface area contributed by atoms with Crippen molar-refractivity contribution in [1.29, 1.82) is 0 Å². The van der Waals surface area contributed by atoms with Crippen LogP contribution in [-0.4, -0.2) is 47.6 Å². The predicted octanol–water partition coefficient (Wildman–Crippen LogP) is 1.79. The fourth-order valence-corrected chi connectivity index (χ4v) is 3.51. The topological polar surface area (TPSA) is 107 Å². The van der Waals surface area contributed by atoms with Crippen LogP contribution < -0.4 is 4.31 Å². The van der Waals surface area contributed by atoms with Crippen LogP contribution >= 0.6 is 0 Å². The zero-order valence-electron chi connectivity index (χ0n) is 13.0. The van der Waals surface area contributed by atoms with Gasteiger partial charge >= 0.3 is 22.0 Å². The van der Waals surface area contributed by atoms with E-state index in [4.69, 9.17) is 9.94 Å². The maximum absolute atomic E-state index is 12.5. The Kier molecular flexibility index (Phi) is 4.20. The molecule has 1 heterocycles. The number of ether oxygens (including phenoxy) is 1. The Morgan fingerprint density at radius 1 is 1.22 bits per heavy atom. The van der Waals surface area contributed by atoms with Gasteiger partial charge in [-0.05, 0) is 32.9 Å². The molecule has 126 valence electrons. The minimum absolute atomic E-state index is 0.0330. The van der Waals surface area contributed by atoms with Crippen LogP contribution in [0.1, 0.15) is 20.8 Å². The smallest absolute Gasteiger partial charge is 0.425 e. The van der Waals surface area contributed by atoms with E-state index in [-0.39, 0.29) is 29.4 Å². The van der Waals surface area contributed by atoms with E-state index in [1.807, 2.05) is 0 Å². The molecule has 2 rings (SSSR count). The molecule has 0 radical (unpaired) electrons. The second-order valence-electron chi connectivity index (χ2n) is 5.92. The quantitative estimate of drug-likeness (QED) is 0.820. The summed E-state index contributed by atoms with van der Waals surface area (Å²) in [6.45, 7) is 4.97. The molecular formula is C13H18N3O6S+. The van der Waals surface area contributed by atoms with Gasteiger partial charge < -0.3 is 4.74 Å². The molecule has 10 heteroatoms. The molecule has 0 atom stereocenters. The SMILES string of the molecule is CC(C)(C)OC(=O)N1CCN(c2ccc([N+](=O)O)cc2)S1(=O)=O. The lowest BCUT2D eigenvalue weighted by atomic mass is 10.2. The third kappa shape index (κ3) is 3.52. The van der Waals surface area contributed by atoms with Crippen molar-refractivity contribution in [1.82, 2.24) is 4.31 Å². The lowest BCUT2D eigenvalue weighted by molar-refractivity contribution is -0.729. The summed E-state index contributed by atoms with van der Waals surface area (Å²) >= 11 is 0. The van der Waals surface area contributed by atoms with Crippen molar-refractivity contribution in [3.05, 3.63) is 29.2 Å². The van der Waals surface area contributed by atoms with Gasteiger partial charge in [-0.2, -0.15) is 12.7 Å². The molecule has 1 amide bonds. The number of hydrogen-bond acceptors (Lipinski definition) is 5. The summed E-state index contributed by atoms with van der Waals surface area (Å²) in [5.74, 6) is 0. The summed E-state index contributed by atoms with van der Waals surface area (Å²) in [6.07, 6.45) is -0.933. The summed E-state index contributed by atoms with van der Waals surface area (Å²) in [5.41, 5.74) is -0.559. The first-order valence-electron chi connectivity index (χ1n) is 6.82. The van der Waals surface area contributed by atoms with Gasteiger partial charge in [0.05, 0.1) is 23.7 Å². The molecular weight excluding hydrogens is 326 g/mol. The number of hydrogen-bond donors (Lipinski definition) is 1. The molecule has 23 heavy (non-hydrogen) atoms. The molecule has 0 bridgehead atoms. The molecule has 0 unspecified atom stereocenters. The van der Waals surface area contributed by atoms with E-state index in [0.29, 0.717) is 4.31 Å². The summed E-state index contributed by atoms with van der Waals surface area (Å²) in [5, 5.41) is 8.78. The van der Waals surface area contributed by atoms with Gasteiger partial charge in [0.1, 0.15) is 5.60 Å². The molecule has 1 aromatic carbocycles. The van der Waals surface area contributed by atoms with E-state index in [1.165, 1.54) is 24.3 Å². The normalized spacial score (nSPS) is 17.2. The summed E-state index contributed by atoms with van der Waals surface area (Å²) in [7, 11) is -4.05. The van der Waals surface area contributed by atoms with E-state index in [2.05, 4.69) is 0 Å². The highest BCUT2D eigenvalue weighted by molar-refractivity contribution is 7.91. The maximum atomic E-state index is 12.5. The molecule has 0 aromatic heterocycles. The van der Waals surface area contributed by atoms with E-state index in [0.717, 1.165) is 4.31 Å². The Hall–Kier alpha value is -2.36. The second-order valence-corrected chi connectivity index (χ2v) is 7.70. The van der Waals surface area contributed by atoms with Gasteiger partial charge in [-0.3, -0.25) is 4.31 Å². The lowest BCUT2D eigenvalue weighted by Crippen LogP contribution is -2.40. The highest BCUT2D eigenvalue weighted by atomic mass is 32.2. The highest BCUT2D eigenvalue weighted by Crippen LogP contribution is 2.28. The second kappa shape index (κ2) is 5.69. The van der Waals surface area contributed by atoms with Crippen molar-refractivity contribution in [3.63, 3.8) is 0 Å². The van der Waals surface area contributed by atoms with Crippen molar-refractivity contribution in [2.45, 2.75) is 26.4 Å². The van der Waals surface area contributed by atoms with Crippen LogP contribution in [0.15, 0.2) is 24.3 Å². The Balaban J connectivity index is 2.23. The van der Waals surface area contributed by atoms with Gasteiger partial charge in [0, 0.05) is 12.1 Å². The summed E-state index contributed by atoms with van der Waals surface area (Å²) in [6, 6.07) is 5.28. The van der Waals surface area contributed by atoms with Gasteiger partial charge in [0.25, 0.3) is 4.92 Å². The first kappa shape index (κ1) is 17.0. The Labute approximate surface area is 133 Å². The standard InChI is InChI=1S/C13H18N3O6S/c1-13(2,3)22-12(17)15-9-8-14(23(15,20)21)10-4-6-11(7-5-10)16(18)19/h4-7H,8-9H2,1-3H3,(H,18,19)/q+1. The number of amides is 1. The maximum Gasteiger partial charge on any atom is 0.425 e. The Morgan fingerprint density at radius 2 is 1.78 bits per heavy atom. The minimum atomic E-state index is -4.05. The zero-order chi connectivity index (χ0) is 17.4. The molecule has 1 aromatic rings. The van der Waals surface area contributed by atoms with Crippen molar-refractivity contribution in [2.75, 3.05) is 17.4 Å². The number of benzene rings is 1. The van der Waals surface area contributed by atoms with Crippen molar-refractivity contribution < 1.29 is 28.1 Å². The number of rotatable bonds is 2. The third-order valence-electron chi connectivity index (χ3n) is 3.02. The average molecular weight is 344 g/mol. The number of carbonyl (C=O) groups excluding carboxylic acids is 1.